The van der Waals surface area contributed by atoms with Crippen LogP contribution in [0.5, 0.6) is 0 Å². The maximum Gasteiger partial charge on any atom is 0.374 e. The Hall–Kier alpha value is -3.35. The number of hydrogen-bond donors (Lipinski definition) is 1. The second-order valence-corrected chi connectivity index (χ2v) is 6.79. The number of furan rings is 2. The summed E-state index contributed by atoms with van der Waals surface area (Å²) in [4.78, 5) is 24.1. The molecule has 0 spiro atoms. The molecule has 3 rings (SSSR count). The summed E-state index contributed by atoms with van der Waals surface area (Å²) in [6, 6.07) is 7.44. The van der Waals surface area contributed by atoms with Gasteiger partial charge in [-0.25, -0.2) is 10.2 Å². The van der Waals surface area contributed by atoms with Crippen LogP contribution in [-0.2, 0) is 11.2 Å². The summed E-state index contributed by atoms with van der Waals surface area (Å²) < 4.78 is 15.8. The lowest BCUT2D eigenvalue weighted by atomic mass is 10.0. The fourth-order valence-electron chi connectivity index (χ4n) is 3.02. The molecule has 7 nitrogen and oxygen atoms in total. The summed E-state index contributed by atoms with van der Waals surface area (Å²) >= 11 is 0. The minimum Gasteiger partial charge on any atom is -0.469 e. The topological polar surface area (TPSA) is 94.0 Å². The second kappa shape index (κ2) is 8.77. The van der Waals surface area contributed by atoms with Crippen molar-refractivity contribution in [2.75, 3.05) is 6.61 Å². The van der Waals surface area contributed by atoms with Gasteiger partial charge in [-0.2, -0.15) is 5.10 Å². The van der Waals surface area contributed by atoms with E-state index in [0.29, 0.717) is 29.9 Å². The lowest BCUT2D eigenvalue weighted by molar-refractivity contribution is 0.0491. The molecular formula is C22H24N2O5. The number of amides is 1. The van der Waals surface area contributed by atoms with Crippen molar-refractivity contribution in [1.29, 1.82) is 0 Å². The van der Waals surface area contributed by atoms with Crippen LogP contribution in [0.15, 0.2) is 44.5 Å². The normalized spacial score (nSPS) is 11.7. The molecule has 0 saturated heterocycles. The summed E-state index contributed by atoms with van der Waals surface area (Å²) in [5, 5.41) is 5.05. The van der Waals surface area contributed by atoms with Crippen molar-refractivity contribution < 1.29 is 23.2 Å². The Morgan fingerprint density at radius 2 is 2.00 bits per heavy atom. The third kappa shape index (κ3) is 4.56. The number of carbonyl (C=O) groups is 2. The van der Waals surface area contributed by atoms with Gasteiger partial charge >= 0.3 is 5.97 Å². The first-order valence-corrected chi connectivity index (χ1v) is 9.47. The van der Waals surface area contributed by atoms with Crippen LogP contribution in [0.3, 0.4) is 0 Å². The molecule has 2 aromatic heterocycles. The number of esters is 1. The van der Waals surface area contributed by atoms with Gasteiger partial charge in [0.05, 0.1) is 18.4 Å². The highest BCUT2D eigenvalue weighted by molar-refractivity contribution is 5.97. The number of hydrazone groups is 1. The van der Waals surface area contributed by atoms with Gasteiger partial charge in [-0.15, -0.1) is 0 Å². The first-order chi connectivity index (χ1) is 13.9. The summed E-state index contributed by atoms with van der Waals surface area (Å²) in [6.45, 7) is 7.50. The molecule has 0 saturated carbocycles. The Balaban J connectivity index is 1.65. The molecule has 0 bridgehead atoms. The molecule has 2 heterocycles. The van der Waals surface area contributed by atoms with Crippen molar-refractivity contribution in [2.45, 2.75) is 40.5 Å². The minimum absolute atomic E-state index is 0.244. The molecule has 1 aromatic carbocycles. The highest BCUT2D eigenvalue weighted by atomic mass is 16.5. The number of nitrogens with one attached hydrogen (secondary N) is 1. The van der Waals surface area contributed by atoms with Crippen LogP contribution in [0, 0.1) is 13.8 Å². The smallest absolute Gasteiger partial charge is 0.374 e. The first-order valence-electron chi connectivity index (χ1n) is 9.47. The van der Waals surface area contributed by atoms with Gasteiger partial charge in [0.2, 0.25) is 5.76 Å². The molecule has 0 aliphatic carbocycles. The standard InChI is InChI=1S/C22H24N2O5/c1-5-27-22(26)20-14(3)18-12-16(8-9-19(18)29-20)7-6-13(2)23-24-21(25)17-10-11-28-15(17)4/h8-12H,5-7H2,1-4H3,(H,24,25)/b23-13+. The van der Waals surface area contributed by atoms with Crippen LogP contribution in [0.1, 0.15) is 58.1 Å². The SMILES string of the molecule is CCOC(=O)c1oc2ccc(CC/C(C)=N/NC(=O)c3ccoc3C)cc2c1C. The van der Waals surface area contributed by atoms with Gasteiger partial charge in [-0.05, 0) is 64.3 Å². The van der Waals surface area contributed by atoms with Crippen molar-refractivity contribution in [3.05, 3.63) is 58.7 Å². The van der Waals surface area contributed by atoms with Crippen LogP contribution in [0.2, 0.25) is 0 Å². The number of carbonyl (C=O) groups excluding carboxylic acids is 2. The second-order valence-electron chi connectivity index (χ2n) is 6.79. The van der Waals surface area contributed by atoms with E-state index in [9.17, 15) is 9.59 Å². The van der Waals surface area contributed by atoms with Crippen molar-refractivity contribution in [2.24, 2.45) is 5.10 Å². The van der Waals surface area contributed by atoms with Crippen LogP contribution in [-0.4, -0.2) is 24.2 Å². The summed E-state index contributed by atoms with van der Waals surface area (Å²) in [6.07, 6.45) is 2.89. The van der Waals surface area contributed by atoms with Gasteiger partial charge in [0.15, 0.2) is 0 Å². The van der Waals surface area contributed by atoms with Crippen LogP contribution in [0.4, 0.5) is 0 Å². The van der Waals surface area contributed by atoms with E-state index in [1.165, 1.54) is 6.26 Å². The minimum atomic E-state index is -0.450. The number of hydrogen-bond acceptors (Lipinski definition) is 6. The molecule has 3 aromatic rings. The van der Waals surface area contributed by atoms with Gasteiger partial charge in [-0.3, -0.25) is 4.79 Å². The van der Waals surface area contributed by atoms with Crippen molar-refractivity contribution in [3.63, 3.8) is 0 Å². The monoisotopic (exact) mass is 396 g/mol. The zero-order valence-electron chi connectivity index (χ0n) is 17.0. The molecular weight excluding hydrogens is 372 g/mol. The fourth-order valence-corrected chi connectivity index (χ4v) is 3.02. The van der Waals surface area contributed by atoms with Crippen LogP contribution >= 0.6 is 0 Å². The Bertz CT molecular complexity index is 1070. The predicted octanol–water partition coefficient (Wildman–Crippen LogP) is 4.56. The molecule has 0 aliphatic heterocycles. The molecule has 0 radical (unpaired) electrons. The van der Waals surface area contributed by atoms with E-state index in [-0.39, 0.29) is 11.7 Å². The van der Waals surface area contributed by atoms with E-state index in [0.717, 1.165) is 28.6 Å². The van der Waals surface area contributed by atoms with E-state index >= 15 is 0 Å². The highest BCUT2D eigenvalue weighted by Gasteiger charge is 2.18. The average Bonchev–Trinajstić information content (AvgIpc) is 3.28. The van der Waals surface area contributed by atoms with Gasteiger partial charge in [0.1, 0.15) is 11.3 Å². The van der Waals surface area contributed by atoms with Gasteiger partial charge < -0.3 is 13.6 Å². The molecule has 0 atom stereocenters. The fraction of sp³-hybridized carbons (Fsp3) is 0.318. The Morgan fingerprint density at radius 1 is 1.21 bits per heavy atom. The van der Waals surface area contributed by atoms with E-state index in [1.807, 2.05) is 32.0 Å². The number of nitrogens with zero attached hydrogens (tertiary/aromatic N) is 1. The molecule has 1 amide bonds. The Labute approximate surface area is 168 Å². The van der Waals surface area contributed by atoms with Gasteiger partial charge in [0.25, 0.3) is 5.91 Å². The molecule has 1 N–H and O–H groups in total. The zero-order valence-corrected chi connectivity index (χ0v) is 17.0. The largest absolute Gasteiger partial charge is 0.469 e. The number of rotatable bonds is 7. The van der Waals surface area contributed by atoms with Gasteiger partial charge in [-0.1, -0.05) is 6.07 Å². The average molecular weight is 396 g/mol. The first kappa shape index (κ1) is 20.4. The lowest BCUT2D eigenvalue weighted by Gasteiger charge is -2.03. The maximum atomic E-state index is 12.1. The van der Waals surface area contributed by atoms with Crippen molar-refractivity contribution in [3.8, 4) is 0 Å². The van der Waals surface area contributed by atoms with Crippen molar-refractivity contribution >= 4 is 28.6 Å². The van der Waals surface area contributed by atoms with Crippen LogP contribution < -0.4 is 5.43 Å². The van der Waals surface area contributed by atoms with Gasteiger partial charge in [0, 0.05) is 16.7 Å². The molecule has 0 aliphatic rings. The Kier molecular flexibility index (Phi) is 6.16. The van der Waals surface area contributed by atoms with E-state index < -0.39 is 5.97 Å². The quantitative estimate of drug-likeness (QED) is 0.359. The maximum absolute atomic E-state index is 12.1. The van der Waals surface area contributed by atoms with Crippen molar-refractivity contribution in [1.82, 2.24) is 5.43 Å². The molecule has 0 unspecified atom stereocenters. The highest BCUT2D eigenvalue weighted by Crippen LogP contribution is 2.27. The van der Waals surface area contributed by atoms with E-state index in [1.54, 1.807) is 19.9 Å². The summed E-state index contributed by atoms with van der Waals surface area (Å²) in [5.74, 6) is 0.0576. The molecule has 29 heavy (non-hydrogen) atoms. The van der Waals surface area contributed by atoms with E-state index in [4.69, 9.17) is 13.6 Å². The number of benzene rings is 1. The summed E-state index contributed by atoms with van der Waals surface area (Å²) in [7, 11) is 0. The zero-order chi connectivity index (χ0) is 21.0. The third-order valence-electron chi connectivity index (χ3n) is 4.69. The number of ether oxygens (including phenoxy) is 1. The number of fused-ring (bicyclic) bond motifs is 1. The summed E-state index contributed by atoms with van der Waals surface area (Å²) in [5.41, 5.74) is 6.34. The lowest BCUT2D eigenvalue weighted by Crippen LogP contribution is -2.19. The van der Waals surface area contributed by atoms with Crippen LogP contribution in [0.25, 0.3) is 11.0 Å². The molecule has 0 fully saturated rings. The molecule has 152 valence electrons. The number of aryl methyl sites for hydroxylation is 3. The Morgan fingerprint density at radius 3 is 2.69 bits per heavy atom. The molecule has 7 heteroatoms. The third-order valence-corrected chi connectivity index (χ3v) is 4.69. The predicted molar refractivity (Wildman–Crippen MR) is 109 cm³/mol. The van der Waals surface area contributed by atoms with E-state index in [2.05, 4.69) is 10.5 Å².